The van der Waals surface area contributed by atoms with Crippen LogP contribution in [-0.4, -0.2) is 0 Å². The Balaban J connectivity index is 2.50. The predicted molar refractivity (Wildman–Crippen MR) is 69.4 cm³/mol. The zero-order valence-electron chi connectivity index (χ0n) is 10.8. The predicted octanol–water partition coefficient (Wildman–Crippen LogP) is 4.13. The smallest absolute Gasteiger partial charge is 0.133 e. The van der Waals surface area contributed by atoms with Crippen LogP contribution < -0.4 is 0 Å². The van der Waals surface area contributed by atoms with Crippen LogP contribution in [0, 0.1) is 28.8 Å². The molecule has 0 saturated heterocycles. The lowest BCUT2D eigenvalue weighted by atomic mass is 9.78. The first-order valence-corrected chi connectivity index (χ1v) is 6.06. The molecule has 0 fully saturated rings. The second-order valence-electron chi connectivity index (χ2n) is 4.85. The van der Waals surface area contributed by atoms with Crippen LogP contribution in [0.3, 0.4) is 0 Å². The quantitative estimate of drug-likeness (QED) is 0.826. The summed E-state index contributed by atoms with van der Waals surface area (Å²) >= 11 is 0. The van der Waals surface area contributed by atoms with Crippen molar-refractivity contribution >= 4 is 0 Å². The number of rotatable bonds is 3. The van der Waals surface area contributed by atoms with Gasteiger partial charge in [-0.1, -0.05) is 30.3 Å². The van der Waals surface area contributed by atoms with Crippen LogP contribution in [-0.2, 0) is 11.8 Å². The standard InChI is InChI=1S/C16H12F3N/c1-16(10-20,9-11-5-3-2-4-6-11)15-13(18)7-12(17)8-14(15)19/h2-8H,9H2,1H3. The fourth-order valence-corrected chi connectivity index (χ4v) is 2.26. The minimum absolute atomic E-state index is 0.143. The topological polar surface area (TPSA) is 23.8 Å². The maximum atomic E-state index is 13.9. The fourth-order valence-electron chi connectivity index (χ4n) is 2.26. The monoisotopic (exact) mass is 275 g/mol. The lowest BCUT2D eigenvalue weighted by Crippen LogP contribution is -2.26. The van der Waals surface area contributed by atoms with Crippen molar-refractivity contribution in [2.24, 2.45) is 0 Å². The van der Waals surface area contributed by atoms with Crippen molar-refractivity contribution in [3.63, 3.8) is 0 Å². The van der Waals surface area contributed by atoms with Gasteiger partial charge in [-0.05, 0) is 18.9 Å². The van der Waals surface area contributed by atoms with E-state index in [-0.39, 0.29) is 6.42 Å². The molecule has 2 aromatic rings. The van der Waals surface area contributed by atoms with Crippen LogP contribution in [0.4, 0.5) is 13.2 Å². The molecule has 1 atom stereocenters. The summed E-state index contributed by atoms with van der Waals surface area (Å²) in [6.07, 6.45) is 0.143. The second-order valence-corrected chi connectivity index (χ2v) is 4.85. The van der Waals surface area contributed by atoms with E-state index in [1.807, 2.05) is 12.1 Å². The molecule has 0 heterocycles. The number of hydrogen-bond donors (Lipinski definition) is 0. The minimum Gasteiger partial charge on any atom is -0.207 e. The van der Waals surface area contributed by atoms with E-state index in [0.29, 0.717) is 12.1 Å². The lowest BCUT2D eigenvalue weighted by Gasteiger charge is -2.23. The van der Waals surface area contributed by atoms with Gasteiger partial charge in [-0.2, -0.15) is 5.26 Å². The molecule has 0 aliphatic carbocycles. The first-order valence-electron chi connectivity index (χ1n) is 6.06. The summed E-state index contributed by atoms with van der Waals surface area (Å²) in [7, 11) is 0. The number of nitriles is 1. The van der Waals surface area contributed by atoms with Gasteiger partial charge in [-0.15, -0.1) is 0 Å². The van der Waals surface area contributed by atoms with Gasteiger partial charge >= 0.3 is 0 Å². The summed E-state index contributed by atoms with van der Waals surface area (Å²) in [5, 5.41) is 9.34. The minimum atomic E-state index is -1.40. The largest absolute Gasteiger partial charge is 0.207 e. The van der Waals surface area contributed by atoms with E-state index in [0.717, 1.165) is 5.56 Å². The van der Waals surface area contributed by atoms with Crippen molar-refractivity contribution in [2.75, 3.05) is 0 Å². The molecule has 0 aliphatic rings. The third-order valence-electron chi connectivity index (χ3n) is 3.21. The summed E-state index contributed by atoms with van der Waals surface area (Å²) in [6.45, 7) is 1.44. The summed E-state index contributed by atoms with van der Waals surface area (Å²) in [5.41, 5.74) is -1.02. The Morgan fingerprint density at radius 1 is 1.05 bits per heavy atom. The number of hydrogen-bond acceptors (Lipinski definition) is 1. The third kappa shape index (κ3) is 2.67. The maximum absolute atomic E-state index is 13.9. The van der Waals surface area contributed by atoms with Crippen LogP contribution >= 0.6 is 0 Å². The molecule has 102 valence electrons. The molecule has 0 aliphatic heterocycles. The van der Waals surface area contributed by atoms with Gasteiger partial charge < -0.3 is 0 Å². The molecule has 1 unspecified atom stereocenters. The Morgan fingerprint density at radius 2 is 1.60 bits per heavy atom. The zero-order valence-corrected chi connectivity index (χ0v) is 10.8. The highest BCUT2D eigenvalue weighted by Gasteiger charge is 2.33. The van der Waals surface area contributed by atoms with Crippen LogP contribution in [0.15, 0.2) is 42.5 Å². The molecule has 0 spiro atoms. The van der Waals surface area contributed by atoms with Gasteiger partial charge in [0.15, 0.2) is 0 Å². The van der Waals surface area contributed by atoms with Crippen molar-refractivity contribution < 1.29 is 13.2 Å². The first-order chi connectivity index (χ1) is 9.46. The third-order valence-corrected chi connectivity index (χ3v) is 3.21. The molecule has 0 radical (unpaired) electrons. The highest BCUT2D eigenvalue weighted by molar-refractivity contribution is 5.37. The van der Waals surface area contributed by atoms with Crippen LogP contribution in [0.5, 0.6) is 0 Å². The molecule has 0 bridgehead atoms. The Bertz CT molecular complexity index is 638. The van der Waals surface area contributed by atoms with Gasteiger partial charge in [0.05, 0.1) is 11.5 Å². The number of nitrogens with zero attached hydrogens (tertiary/aromatic N) is 1. The van der Waals surface area contributed by atoms with E-state index in [2.05, 4.69) is 0 Å². The Morgan fingerprint density at radius 3 is 2.10 bits per heavy atom. The molecular formula is C16H12F3N. The highest BCUT2D eigenvalue weighted by atomic mass is 19.1. The Kier molecular flexibility index (Phi) is 3.80. The van der Waals surface area contributed by atoms with Crippen molar-refractivity contribution in [1.29, 1.82) is 5.26 Å². The molecule has 0 saturated carbocycles. The van der Waals surface area contributed by atoms with E-state index >= 15 is 0 Å². The Hall–Kier alpha value is -2.28. The zero-order chi connectivity index (χ0) is 14.8. The summed E-state index contributed by atoms with van der Waals surface area (Å²) < 4.78 is 40.7. The first kappa shape index (κ1) is 14.1. The van der Waals surface area contributed by atoms with Gasteiger partial charge in [-0.25, -0.2) is 13.2 Å². The SMILES string of the molecule is CC(C#N)(Cc1ccccc1)c1c(F)cc(F)cc1F. The number of halogens is 3. The van der Waals surface area contributed by atoms with Gasteiger partial charge in [0.1, 0.15) is 17.5 Å². The summed E-state index contributed by atoms with van der Waals surface area (Å²) in [4.78, 5) is 0. The lowest BCUT2D eigenvalue weighted by molar-refractivity contribution is 0.471. The summed E-state index contributed by atoms with van der Waals surface area (Å²) in [6, 6.07) is 12.1. The summed E-state index contributed by atoms with van der Waals surface area (Å²) in [5.74, 6) is -3.08. The Labute approximate surface area is 115 Å². The van der Waals surface area contributed by atoms with Gasteiger partial charge in [-0.3, -0.25) is 0 Å². The van der Waals surface area contributed by atoms with Crippen LogP contribution in [0.25, 0.3) is 0 Å². The van der Waals surface area contributed by atoms with E-state index in [1.54, 1.807) is 24.3 Å². The highest BCUT2D eigenvalue weighted by Crippen LogP contribution is 2.32. The molecular weight excluding hydrogens is 263 g/mol. The normalized spacial score (nSPS) is 13.6. The van der Waals surface area contributed by atoms with E-state index in [4.69, 9.17) is 0 Å². The molecule has 2 aromatic carbocycles. The van der Waals surface area contributed by atoms with Crippen molar-refractivity contribution in [1.82, 2.24) is 0 Å². The molecule has 20 heavy (non-hydrogen) atoms. The second kappa shape index (κ2) is 5.38. The molecule has 4 heteroatoms. The number of benzene rings is 2. The average molecular weight is 275 g/mol. The molecule has 0 amide bonds. The molecule has 0 aromatic heterocycles. The van der Waals surface area contributed by atoms with Crippen LogP contribution in [0.2, 0.25) is 0 Å². The van der Waals surface area contributed by atoms with Crippen LogP contribution in [0.1, 0.15) is 18.1 Å². The molecule has 1 nitrogen and oxygen atoms in total. The van der Waals surface area contributed by atoms with Gasteiger partial charge in [0.25, 0.3) is 0 Å². The fraction of sp³-hybridized carbons (Fsp3) is 0.188. The maximum Gasteiger partial charge on any atom is 0.133 e. The van der Waals surface area contributed by atoms with E-state index in [9.17, 15) is 18.4 Å². The van der Waals surface area contributed by atoms with Gasteiger partial charge in [0, 0.05) is 17.7 Å². The average Bonchev–Trinajstić information content (AvgIpc) is 2.38. The molecule has 0 N–H and O–H groups in total. The van der Waals surface area contributed by atoms with Crippen molar-refractivity contribution in [2.45, 2.75) is 18.8 Å². The van der Waals surface area contributed by atoms with E-state index < -0.39 is 28.4 Å². The molecule has 2 rings (SSSR count). The van der Waals surface area contributed by atoms with Crippen molar-refractivity contribution in [3.8, 4) is 6.07 Å². The van der Waals surface area contributed by atoms with Gasteiger partial charge in [0.2, 0.25) is 0 Å². The van der Waals surface area contributed by atoms with Crippen molar-refractivity contribution in [3.05, 3.63) is 71.0 Å². The van der Waals surface area contributed by atoms with E-state index in [1.165, 1.54) is 6.92 Å².